The van der Waals surface area contributed by atoms with E-state index in [1.54, 1.807) is 0 Å². The van der Waals surface area contributed by atoms with Crippen LogP contribution in [0.15, 0.2) is 53.0 Å². The largest absolute Gasteiger partial charge is 0.488 e. The first kappa shape index (κ1) is 21.0. The summed E-state index contributed by atoms with van der Waals surface area (Å²) >= 11 is 3.59. The van der Waals surface area contributed by atoms with Gasteiger partial charge >= 0.3 is 0 Å². The Morgan fingerprint density at radius 2 is 1.83 bits per heavy atom. The van der Waals surface area contributed by atoms with Crippen molar-refractivity contribution in [1.82, 2.24) is 5.32 Å². The molecule has 0 fully saturated rings. The third-order valence-electron chi connectivity index (χ3n) is 3.41. The van der Waals surface area contributed by atoms with Crippen molar-refractivity contribution in [2.24, 2.45) is 0 Å². The molecule has 0 spiro atoms. The predicted octanol–water partition coefficient (Wildman–Crippen LogP) is 4.97. The third-order valence-corrected chi connectivity index (χ3v) is 4.03. The van der Waals surface area contributed by atoms with E-state index in [1.807, 2.05) is 31.2 Å². The van der Waals surface area contributed by atoms with E-state index in [9.17, 15) is 0 Å². The summed E-state index contributed by atoms with van der Waals surface area (Å²) in [6.07, 6.45) is 1.03. The monoisotopic (exact) mass is 413 g/mol. The average Bonchev–Trinajstić information content (AvgIpc) is 2.58. The van der Waals surface area contributed by atoms with Crippen LogP contribution in [0.25, 0.3) is 0 Å². The van der Waals surface area contributed by atoms with Gasteiger partial charge in [-0.15, -0.1) is 12.4 Å². The first-order valence-corrected chi connectivity index (χ1v) is 8.82. The van der Waals surface area contributed by atoms with Crippen LogP contribution in [0.1, 0.15) is 24.5 Å². The second-order valence-corrected chi connectivity index (χ2v) is 6.12. The van der Waals surface area contributed by atoms with Gasteiger partial charge in [0, 0.05) is 19.8 Å². The van der Waals surface area contributed by atoms with Crippen LogP contribution in [0.2, 0.25) is 0 Å². The minimum atomic E-state index is 0. The molecule has 24 heavy (non-hydrogen) atoms. The van der Waals surface area contributed by atoms with E-state index in [-0.39, 0.29) is 12.4 Å². The zero-order valence-electron chi connectivity index (χ0n) is 14.0. The van der Waals surface area contributed by atoms with Crippen LogP contribution in [0.5, 0.6) is 5.75 Å². The highest BCUT2D eigenvalue weighted by atomic mass is 79.9. The molecule has 0 atom stereocenters. The third kappa shape index (κ3) is 7.67. The highest BCUT2D eigenvalue weighted by molar-refractivity contribution is 9.10. The molecule has 0 radical (unpaired) electrons. The number of hydrogen-bond donors (Lipinski definition) is 1. The summed E-state index contributed by atoms with van der Waals surface area (Å²) in [6.45, 7) is 6.02. The minimum Gasteiger partial charge on any atom is -0.488 e. The number of rotatable bonds is 10. The van der Waals surface area contributed by atoms with Crippen molar-refractivity contribution in [3.8, 4) is 5.75 Å². The topological polar surface area (TPSA) is 30.5 Å². The molecule has 5 heteroatoms. The van der Waals surface area contributed by atoms with Crippen molar-refractivity contribution in [2.45, 2.75) is 26.5 Å². The van der Waals surface area contributed by atoms with Crippen molar-refractivity contribution >= 4 is 28.3 Å². The summed E-state index contributed by atoms with van der Waals surface area (Å²) in [5.41, 5.74) is 2.40. The van der Waals surface area contributed by atoms with E-state index in [4.69, 9.17) is 9.47 Å². The molecule has 0 bridgehead atoms. The Bertz CT molecular complexity index is 581. The van der Waals surface area contributed by atoms with E-state index < -0.39 is 0 Å². The molecule has 0 aliphatic carbocycles. The maximum absolute atomic E-state index is 5.86. The number of hydrogen-bond acceptors (Lipinski definition) is 3. The Balaban J connectivity index is 0.00000288. The Morgan fingerprint density at radius 3 is 2.54 bits per heavy atom. The number of halogens is 2. The van der Waals surface area contributed by atoms with Crippen molar-refractivity contribution < 1.29 is 9.47 Å². The van der Waals surface area contributed by atoms with Gasteiger partial charge in [0.15, 0.2) is 0 Å². The Hall–Kier alpha value is -1.07. The van der Waals surface area contributed by atoms with Gasteiger partial charge in [-0.05, 0) is 59.1 Å². The van der Waals surface area contributed by atoms with Crippen molar-refractivity contribution in [1.29, 1.82) is 0 Å². The first-order valence-electron chi connectivity index (χ1n) is 8.03. The Morgan fingerprint density at radius 1 is 1.04 bits per heavy atom. The zero-order chi connectivity index (χ0) is 16.3. The highest BCUT2D eigenvalue weighted by Crippen LogP contribution is 2.26. The normalized spacial score (nSPS) is 10.2. The molecular formula is C19H25BrClNO2. The summed E-state index contributed by atoms with van der Waals surface area (Å²) in [4.78, 5) is 0. The molecule has 0 aromatic heterocycles. The predicted molar refractivity (Wildman–Crippen MR) is 105 cm³/mol. The van der Waals surface area contributed by atoms with Gasteiger partial charge in [0.05, 0.1) is 4.47 Å². The van der Waals surface area contributed by atoms with Gasteiger partial charge in [-0.1, -0.05) is 36.4 Å². The molecule has 0 amide bonds. The van der Waals surface area contributed by atoms with Gasteiger partial charge in [-0.2, -0.15) is 0 Å². The fourth-order valence-electron chi connectivity index (χ4n) is 2.18. The van der Waals surface area contributed by atoms with Gasteiger partial charge in [-0.3, -0.25) is 0 Å². The zero-order valence-corrected chi connectivity index (χ0v) is 16.4. The Labute approximate surface area is 159 Å². The molecule has 0 saturated heterocycles. The minimum absolute atomic E-state index is 0. The van der Waals surface area contributed by atoms with Crippen LogP contribution in [-0.2, 0) is 17.9 Å². The molecule has 0 aliphatic heterocycles. The summed E-state index contributed by atoms with van der Waals surface area (Å²) in [5, 5.41) is 3.42. The lowest BCUT2D eigenvalue weighted by atomic mass is 10.2. The molecular weight excluding hydrogens is 390 g/mol. The molecule has 2 aromatic rings. The van der Waals surface area contributed by atoms with Crippen LogP contribution < -0.4 is 10.1 Å². The van der Waals surface area contributed by atoms with Crippen LogP contribution in [0.4, 0.5) is 0 Å². The van der Waals surface area contributed by atoms with Crippen LogP contribution in [-0.4, -0.2) is 19.8 Å². The first-order chi connectivity index (χ1) is 11.3. The lowest BCUT2D eigenvalue weighted by Gasteiger charge is -2.10. The lowest BCUT2D eigenvalue weighted by Crippen LogP contribution is -2.16. The van der Waals surface area contributed by atoms with E-state index >= 15 is 0 Å². The molecule has 2 aromatic carbocycles. The maximum Gasteiger partial charge on any atom is 0.134 e. The maximum atomic E-state index is 5.86. The van der Waals surface area contributed by atoms with E-state index in [0.29, 0.717) is 6.61 Å². The van der Waals surface area contributed by atoms with Crippen LogP contribution in [0.3, 0.4) is 0 Å². The second kappa shape index (κ2) is 12.3. The number of benzene rings is 2. The highest BCUT2D eigenvalue weighted by Gasteiger charge is 2.03. The van der Waals surface area contributed by atoms with Crippen molar-refractivity contribution in [3.63, 3.8) is 0 Å². The molecule has 132 valence electrons. The van der Waals surface area contributed by atoms with E-state index in [0.717, 1.165) is 42.9 Å². The quantitative estimate of drug-likeness (QED) is 0.557. The number of nitrogens with one attached hydrogen (secondary N) is 1. The van der Waals surface area contributed by atoms with Crippen LogP contribution >= 0.6 is 28.3 Å². The van der Waals surface area contributed by atoms with Crippen LogP contribution in [0, 0.1) is 0 Å². The van der Waals surface area contributed by atoms with Gasteiger partial charge in [-0.25, -0.2) is 0 Å². The summed E-state index contributed by atoms with van der Waals surface area (Å²) in [6, 6.07) is 16.4. The van der Waals surface area contributed by atoms with Gasteiger partial charge in [0.25, 0.3) is 0 Å². The Kier molecular flexibility index (Phi) is 10.8. The molecule has 1 N–H and O–H groups in total. The smallest absolute Gasteiger partial charge is 0.134 e. The molecule has 3 nitrogen and oxygen atoms in total. The summed E-state index contributed by atoms with van der Waals surface area (Å²) < 4.78 is 12.2. The SMILES string of the molecule is CCOCCCNCc1ccc(OCc2ccccc2)c(Br)c1.Cl. The van der Waals surface area contributed by atoms with E-state index in [2.05, 4.69) is 45.5 Å². The summed E-state index contributed by atoms with van der Waals surface area (Å²) in [5.74, 6) is 0.869. The fraction of sp³-hybridized carbons (Fsp3) is 0.368. The standard InChI is InChI=1S/C19H24BrNO2.ClH/c1-2-22-12-6-11-21-14-17-9-10-19(18(20)13-17)23-15-16-7-4-3-5-8-16;/h3-5,7-10,13,21H,2,6,11-12,14-15H2,1H3;1H. The molecule has 0 saturated carbocycles. The van der Waals surface area contributed by atoms with Gasteiger partial charge in [0.1, 0.15) is 12.4 Å². The van der Waals surface area contributed by atoms with Crippen molar-refractivity contribution in [2.75, 3.05) is 19.8 Å². The molecule has 0 heterocycles. The number of ether oxygens (including phenoxy) is 2. The molecule has 2 rings (SSSR count). The second-order valence-electron chi connectivity index (χ2n) is 5.27. The van der Waals surface area contributed by atoms with Gasteiger partial charge in [0.2, 0.25) is 0 Å². The molecule has 0 aliphatic rings. The van der Waals surface area contributed by atoms with Gasteiger partial charge < -0.3 is 14.8 Å². The van der Waals surface area contributed by atoms with Crippen molar-refractivity contribution in [3.05, 3.63) is 64.1 Å². The lowest BCUT2D eigenvalue weighted by molar-refractivity contribution is 0.144. The van der Waals surface area contributed by atoms with E-state index in [1.165, 1.54) is 11.1 Å². The molecule has 0 unspecified atom stereocenters. The summed E-state index contributed by atoms with van der Waals surface area (Å²) in [7, 11) is 0. The average molecular weight is 415 g/mol. The fourth-order valence-corrected chi connectivity index (χ4v) is 2.72.